The Balaban J connectivity index is 2.05. The molecule has 0 unspecified atom stereocenters. The number of rotatable bonds is 6. The second-order valence-corrected chi connectivity index (χ2v) is 4.74. The monoisotopic (exact) mass is 269 g/mol. The fraction of sp³-hybridized carbons (Fsp3) is 0.294. The van der Waals surface area contributed by atoms with Crippen LogP contribution in [0.25, 0.3) is 0 Å². The summed E-state index contributed by atoms with van der Waals surface area (Å²) in [7, 11) is 0. The van der Waals surface area contributed by atoms with E-state index in [4.69, 9.17) is 4.74 Å². The van der Waals surface area contributed by atoms with Crippen LogP contribution in [0.2, 0.25) is 0 Å². The zero-order valence-corrected chi connectivity index (χ0v) is 11.9. The molecule has 0 aliphatic carbocycles. The standard InChI is InChI=1S/C17H19NO2/c1-3-4-11-20-16-9-7-14(8-10-16)17(19)15-6-5-13(2)18-12-15/h5-10,12H,3-4,11H2,1-2H3. The summed E-state index contributed by atoms with van der Waals surface area (Å²) >= 11 is 0. The first-order chi connectivity index (χ1) is 9.70. The Labute approximate surface area is 119 Å². The van der Waals surface area contributed by atoms with Crippen molar-refractivity contribution in [3.8, 4) is 5.75 Å². The van der Waals surface area contributed by atoms with E-state index in [0.29, 0.717) is 17.7 Å². The first-order valence-corrected chi connectivity index (χ1v) is 6.91. The maximum Gasteiger partial charge on any atom is 0.194 e. The van der Waals surface area contributed by atoms with Crippen molar-refractivity contribution in [1.82, 2.24) is 4.98 Å². The summed E-state index contributed by atoms with van der Waals surface area (Å²) in [5, 5.41) is 0. The minimum Gasteiger partial charge on any atom is -0.494 e. The quantitative estimate of drug-likeness (QED) is 0.591. The number of ether oxygens (including phenoxy) is 1. The minimum atomic E-state index is -0.0161. The molecule has 2 aromatic rings. The molecule has 0 amide bonds. The highest BCUT2D eigenvalue weighted by Gasteiger charge is 2.09. The third kappa shape index (κ3) is 3.67. The predicted octanol–water partition coefficient (Wildman–Crippen LogP) is 3.80. The van der Waals surface area contributed by atoms with Crippen LogP contribution in [0.15, 0.2) is 42.6 Å². The Hall–Kier alpha value is -2.16. The van der Waals surface area contributed by atoms with Crippen LogP contribution in [0.3, 0.4) is 0 Å². The van der Waals surface area contributed by atoms with Gasteiger partial charge in [-0.15, -0.1) is 0 Å². The number of hydrogen-bond donors (Lipinski definition) is 0. The average Bonchev–Trinajstić information content (AvgIpc) is 2.48. The maximum atomic E-state index is 12.2. The number of ketones is 1. The molecular formula is C17H19NO2. The third-order valence-electron chi connectivity index (χ3n) is 3.06. The van der Waals surface area contributed by atoms with Gasteiger partial charge in [0.25, 0.3) is 0 Å². The van der Waals surface area contributed by atoms with Crippen molar-refractivity contribution in [1.29, 1.82) is 0 Å². The molecule has 1 heterocycles. The number of benzene rings is 1. The Morgan fingerprint density at radius 3 is 2.40 bits per heavy atom. The lowest BCUT2D eigenvalue weighted by Crippen LogP contribution is -2.02. The highest BCUT2D eigenvalue weighted by atomic mass is 16.5. The van der Waals surface area contributed by atoms with E-state index in [1.54, 1.807) is 24.4 Å². The Bertz CT molecular complexity index is 559. The third-order valence-corrected chi connectivity index (χ3v) is 3.06. The molecule has 2 rings (SSSR count). The van der Waals surface area contributed by atoms with Crippen LogP contribution < -0.4 is 4.74 Å². The zero-order chi connectivity index (χ0) is 14.4. The van der Waals surface area contributed by atoms with Crippen molar-refractivity contribution >= 4 is 5.78 Å². The van der Waals surface area contributed by atoms with Crippen molar-refractivity contribution in [3.63, 3.8) is 0 Å². The average molecular weight is 269 g/mol. The molecule has 0 bridgehead atoms. The fourth-order valence-electron chi connectivity index (χ4n) is 1.81. The van der Waals surface area contributed by atoms with E-state index in [1.807, 2.05) is 25.1 Å². The molecule has 3 heteroatoms. The van der Waals surface area contributed by atoms with Crippen LogP contribution in [0, 0.1) is 6.92 Å². The molecule has 0 aliphatic heterocycles. The minimum absolute atomic E-state index is 0.0161. The van der Waals surface area contributed by atoms with E-state index in [1.165, 1.54) is 0 Å². The topological polar surface area (TPSA) is 39.2 Å². The van der Waals surface area contributed by atoms with Crippen molar-refractivity contribution in [2.75, 3.05) is 6.61 Å². The normalized spacial score (nSPS) is 10.3. The van der Waals surface area contributed by atoms with Crippen LogP contribution in [-0.4, -0.2) is 17.4 Å². The number of aromatic nitrogens is 1. The molecule has 0 atom stereocenters. The number of carbonyl (C=O) groups is 1. The van der Waals surface area contributed by atoms with E-state index in [2.05, 4.69) is 11.9 Å². The van der Waals surface area contributed by atoms with Gasteiger partial charge in [0.1, 0.15) is 5.75 Å². The second kappa shape index (κ2) is 6.85. The van der Waals surface area contributed by atoms with Crippen molar-refractivity contribution in [2.45, 2.75) is 26.7 Å². The molecule has 0 aliphatic rings. The molecule has 104 valence electrons. The van der Waals surface area contributed by atoms with Gasteiger partial charge in [-0.1, -0.05) is 13.3 Å². The largest absolute Gasteiger partial charge is 0.494 e. The second-order valence-electron chi connectivity index (χ2n) is 4.74. The van der Waals surface area contributed by atoms with E-state index in [0.717, 1.165) is 24.3 Å². The van der Waals surface area contributed by atoms with Gasteiger partial charge in [-0.2, -0.15) is 0 Å². The number of aryl methyl sites for hydroxylation is 1. The predicted molar refractivity (Wildman–Crippen MR) is 79.3 cm³/mol. The van der Waals surface area contributed by atoms with Gasteiger partial charge in [0.05, 0.1) is 6.61 Å². The van der Waals surface area contributed by atoms with Crippen molar-refractivity contribution in [3.05, 3.63) is 59.4 Å². The first-order valence-electron chi connectivity index (χ1n) is 6.91. The Morgan fingerprint density at radius 1 is 1.10 bits per heavy atom. The molecule has 0 N–H and O–H groups in total. The number of pyridine rings is 1. The molecule has 0 saturated carbocycles. The molecule has 1 aromatic heterocycles. The number of carbonyl (C=O) groups excluding carboxylic acids is 1. The van der Waals surface area contributed by atoms with Gasteiger partial charge >= 0.3 is 0 Å². The van der Waals surface area contributed by atoms with E-state index in [9.17, 15) is 4.79 Å². The van der Waals surface area contributed by atoms with Gasteiger partial charge < -0.3 is 4.74 Å². The van der Waals surface area contributed by atoms with E-state index >= 15 is 0 Å². The SMILES string of the molecule is CCCCOc1ccc(C(=O)c2ccc(C)nc2)cc1. The highest BCUT2D eigenvalue weighted by Crippen LogP contribution is 2.15. The summed E-state index contributed by atoms with van der Waals surface area (Å²) < 4.78 is 5.58. The number of hydrogen-bond acceptors (Lipinski definition) is 3. The summed E-state index contributed by atoms with van der Waals surface area (Å²) in [5.74, 6) is 0.787. The first kappa shape index (κ1) is 14.3. The lowest BCUT2D eigenvalue weighted by Gasteiger charge is -2.06. The van der Waals surface area contributed by atoms with E-state index in [-0.39, 0.29) is 5.78 Å². The molecule has 20 heavy (non-hydrogen) atoms. The molecule has 0 radical (unpaired) electrons. The van der Waals surface area contributed by atoms with Gasteiger partial charge in [-0.3, -0.25) is 9.78 Å². The number of nitrogens with zero attached hydrogens (tertiary/aromatic N) is 1. The number of unbranched alkanes of at least 4 members (excludes halogenated alkanes) is 1. The van der Waals surface area contributed by atoms with Crippen LogP contribution >= 0.6 is 0 Å². The molecule has 3 nitrogen and oxygen atoms in total. The van der Waals surface area contributed by atoms with Gasteiger partial charge in [-0.05, 0) is 49.7 Å². The van der Waals surface area contributed by atoms with Crippen LogP contribution in [0.1, 0.15) is 41.4 Å². The summed E-state index contributed by atoms with van der Waals surface area (Å²) in [6.45, 7) is 4.74. The molecule has 1 aromatic carbocycles. The van der Waals surface area contributed by atoms with Crippen LogP contribution in [-0.2, 0) is 0 Å². The van der Waals surface area contributed by atoms with Gasteiger partial charge in [0, 0.05) is 23.0 Å². The Kier molecular flexibility index (Phi) is 4.88. The van der Waals surface area contributed by atoms with Crippen LogP contribution in [0.5, 0.6) is 5.75 Å². The van der Waals surface area contributed by atoms with Crippen molar-refractivity contribution < 1.29 is 9.53 Å². The summed E-state index contributed by atoms with van der Waals surface area (Å²) in [5.41, 5.74) is 2.16. The molecular weight excluding hydrogens is 250 g/mol. The molecule has 0 spiro atoms. The summed E-state index contributed by atoms with van der Waals surface area (Å²) in [6.07, 6.45) is 3.76. The fourth-order valence-corrected chi connectivity index (χ4v) is 1.81. The van der Waals surface area contributed by atoms with E-state index < -0.39 is 0 Å². The molecule has 0 fully saturated rings. The Morgan fingerprint density at radius 2 is 1.80 bits per heavy atom. The van der Waals surface area contributed by atoms with Gasteiger partial charge in [-0.25, -0.2) is 0 Å². The van der Waals surface area contributed by atoms with Crippen molar-refractivity contribution in [2.24, 2.45) is 0 Å². The lowest BCUT2D eigenvalue weighted by molar-refractivity contribution is 0.103. The summed E-state index contributed by atoms with van der Waals surface area (Å²) in [4.78, 5) is 16.4. The lowest BCUT2D eigenvalue weighted by atomic mass is 10.0. The van der Waals surface area contributed by atoms with Gasteiger partial charge in [0.15, 0.2) is 5.78 Å². The summed E-state index contributed by atoms with van der Waals surface area (Å²) in [6, 6.07) is 10.9. The smallest absolute Gasteiger partial charge is 0.194 e. The zero-order valence-electron chi connectivity index (χ0n) is 11.9. The highest BCUT2D eigenvalue weighted by molar-refractivity contribution is 6.08. The van der Waals surface area contributed by atoms with Crippen LogP contribution in [0.4, 0.5) is 0 Å². The molecule has 0 saturated heterocycles. The maximum absolute atomic E-state index is 12.2. The van der Waals surface area contributed by atoms with Gasteiger partial charge in [0.2, 0.25) is 0 Å².